The quantitative estimate of drug-likeness (QED) is 0.0584. The zero-order valence-corrected chi connectivity index (χ0v) is 55.2. The van der Waals surface area contributed by atoms with Crippen LogP contribution in [0.15, 0.2) is 22.9 Å². The van der Waals surface area contributed by atoms with Crippen molar-refractivity contribution in [3.8, 4) is 11.5 Å². The second-order valence-electron chi connectivity index (χ2n) is 27.9. The molecule has 1 rings (SSSR count). The zero-order valence-electron chi connectivity index (χ0n) is 49.3. The molecule has 5 unspecified atom stereocenters. The van der Waals surface area contributed by atoms with Gasteiger partial charge in [0.1, 0.15) is 25.8 Å². The smallest absolute Gasteiger partial charge is 0.193 e. The van der Waals surface area contributed by atoms with E-state index in [-0.39, 0.29) is 49.9 Å². The molecule has 0 saturated heterocycles. The standard InChI is InChI=1S/C55H106FNO5SSi5/c1-41(34-35-47(60-66(23,24)52(7,8)9)46(56)39-44-40-63-43(3)57-44)31-29-32-42(2)49(62-68(27,28)54(13,14)15)45(33-30-38-64(18,19)20)50(58)55(16,17)48(61-67(25,26)53(10,11)12)36-37-59-65(21,22)51(4,5)6/h34,39-40,42,45,47-49H,29,31-33,35-37H2,1-28H3. The van der Waals surface area contributed by atoms with E-state index in [1.54, 1.807) is 6.08 Å². The molecule has 0 fully saturated rings. The summed E-state index contributed by atoms with van der Waals surface area (Å²) in [6, 6.07) is 0. The predicted octanol–water partition coefficient (Wildman–Crippen LogP) is 18.0. The molecule has 1 heterocycles. The van der Waals surface area contributed by atoms with E-state index in [1.165, 1.54) is 16.9 Å². The molecule has 0 saturated carbocycles. The van der Waals surface area contributed by atoms with Gasteiger partial charge in [-0.15, -0.1) is 22.8 Å². The lowest BCUT2D eigenvalue weighted by molar-refractivity contribution is -0.141. The van der Waals surface area contributed by atoms with Crippen molar-refractivity contribution in [3.63, 3.8) is 0 Å². The van der Waals surface area contributed by atoms with E-state index in [0.29, 0.717) is 31.6 Å². The minimum Gasteiger partial charge on any atom is -0.417 e. The minimum atomic E-state index is -2.38. The average molecular weight is 1050 g/mol. The molecule has 0 amide bonds. The predicted molar refractivity (Wildman–Crippen MR) is 309 cm³/mol. The lowest BCUT2D eigenvalue weighted by Crippen LogP contribution is -2.55. The van der Waals surface area contributed by atoms with Crippen LogP contribution in [0, 0.1) is 35.6 Å². The maximum atomic E-state index is 16.1. The Bertz CT molecular complexity index is 1890. The van der Waals surface area contributed by atoms with Gasteiger partial charge in [-0.3, -0.25) is 4.79 Å². The summed E-state index contributed by atoms with van der Waals surface area (Å²) in [5.41, 5.74) is 4.64. The Labute approximate surface area is 429 Å². The number of hydrogen-bond donors (Lipinski definition) is 0. The molecule has 0 bridgehead atoms. The first-order valence-corrected chi connectivity index (χ1v) is 41.9. The Balaban J connectivity index is 3.80. The van der Waals surface area contributed by atoms with Gasteiger partial charge in [0.2, 0.25) is 0 Å². The Hall–Kier alpha value is -0.806. The molecule has 0 aliphatic carbocycles. The lowest BCUT2D eigenvalue weighted by atomic mass is 9.71. The molecule has 0 N–H and O–H groups in total. The second kappa shape index (κ2) is 24.5. The molecule has 68 heavy (non-hydrogen) atoms. The average Bonchev–Trinajstić information content (AvgIpc) is 3.54. The molecule has 0 aliphatic heterocycles. The number of carbonyl (C=O) groups is 1. The van der Waals surface area contributed by atoms with Gasteiger partial charge in [-0.2, -0.15) is 0 Å². The molecule has 1 aromatic heterocycles. The van der Waals surface area contributed by atoms with Crippen LogP contribution in [0.25, 0.3) is 6.08 Å². The van der Waals surface area contributed by atoms with Crippen molar-refractivity contribution in [2.24, 2.45) is 17.3 Å². The molecule has 0 aromatic carbocycles. The third kappa shape index (κ3) is 19.9. The first kappa shape index (κ1) is 65.2. The number of rotatable bonds is 24. The van der Waals surface area contributed by atoms with Crippen LogP contribution in [-0.2, 0) is 22.5 Å². The fraction of sp³-hybridized carbons (Fsp3) is 0.818. The number of Topliss-reactive ketones (excluding diaryl/α,β-unsaturated/α-hetero) is 1. The number of aryl methyl sites for hydroxylation is 1. The summed E-state index contributed by atoms with van der Waals surface area (Å²) in [7, 11) is -10.8. The maximum absolute atomic E-state index is 16.1. The first-order valence-electron chi connectivity index (χ1n) is 25.9. The number of nitrogens with zero attached hydrogens (tertiary/aromatic N) is 1. The van der Waals surface area contributed by atoms with E-state index in [1.807, 2.05) is 12.3 Å². The normalized spacial score (nSPS) is 17.1. The first-order chi connectivity index (χ1) is 30.2. The summed E-state index contributed by atoms with van der Waals surface area (Å²) in [6.07, 6.45) is 6.59. The van der Waals surface area contributed by atoms with E-state index in [9.17, 15) is 0 Å². The van der Waals surface area contributed by atoms with Crippen LogP contribution in [0.1, 0.15) is 160 Å². The largest absolute Gasteiger partial charge is 0.417 e. The molecular formula is C55H106FNO5SSi5. The SMILES string of the molecule is CC(=CCC(O[Si](C)(C)C(C)(C)C)C(F)=Cc1csc(C)n1)CCCC(C)C(O[Si](C)(C)C(C)(C)C)C(CC#C[Si](C)(C)C)C(=O)C(C)(C)C(CCO[Si](C)(C)C(C)(C)C)O[Si](C)(C)C(C)(C)C. The van der Waals surface area contributed by atoms with Gasteiger partial charge in [-0.1, -0.05) is 135 Å². The summed E-state index contributed by atoms with van der Waals surface area (Å²) in [5, 5.41) is 2.73. The van der Waals surface area contributed by atoms with Gasteiger partial charge in [0.15, 0.2) is 33.3 Å². The Morgan fingerprint density at radius 3 is 1.69 bits per heavy atom. The van der Waals surface area contributed by atoms with E-state index in [2.05, 4.69) is 205 Å². The van der Waals surface area contributed by atoms with Crippen LogP contribution in [-0.4, -0.2) is 77.0 Å². The van der Waals surface area contributed by atoms with Gasteiger partial charge in [-0.05, 0) is 130 Å². The van der Waals surface area contributed by atoms with E-state index >= 15 is 9.18 Å². The fourth-order valence-electron chi connectivity index (χ4n) is 6.98. The van der Waals surface area contributed by atoms with E-state index < -0.39 is 58.8 Å². The van der Waals surface area contributed by atoms with Gasteiger partial charge in [0, 0.05) is 23.8 Å². The van der Waals surface area contributed by atoms with Crippen molar-refractivity contribution in [1.29, 1.82) is 0 Å². The Kier molecular flexibility index (Phi) is 23.5. The Morgan fingerprint density at radius 1 is 0.750 bits per heavy atom. The number of carbonyl (C=O) groups excluding carboxylic acids is 1. The number of ketones is 1. The molecule has 0 aliphatic rings. The highest BCUT2D eigenvalue weighted by Crippen LogP contribution is 2.46. The summed E-state index contributed by atoms with van der Waals surface area (Å²) in [6.45, 7) is 63.2. The molecule has 5 atom stereocenters. The molecule has 394 valence electrons. The highest BCUT2D eigenvalue weighted by Gasteiger charge is 2.51. The summed E-state index contributed by atoms with van der Waals surface area (Å²) >= 11 is 1.52. The highest BCUT2D eigenvalue weighted by atomic mass is 32.1. The number of aromatic nitrogens is 1. The van der Waals surface area contributed by atoms with Crippen LogP contribution in [0.2, 0.25) is 92.2 Å². The molecule has 6 nitrogen and oxygen atoms in total. The van der Waals surface area contributed by atoms with Crippen molar-refractivity contribution < 1.29 is 26.9 Å². The van der Waals surface area contributed by atoms with Crippen LogP contribution in [0.5, 0.6) is 0 Å². The van der Waals surface area contributed by atoms with Gasteiger partial charge >= 0.3 is 0 Å². The zero-order chi connectivity index (χ0) is 53.5. The van der Waals surface area contributed by atoms with Crippen molar-refractivity contribution in [1.82, 2.24) is 4.98 Å². The Morgan fingerprint density at radius 2 is 1.24 bits per heavy atom. The van der Waals surface area contributed by atoms with Gasteiger partial charge in [0.25, 0.3) is 0 Å². The molecule has 1 aromatic rings. The van der Waals surface area contributed by atoms with Crippen molar-refractivity contribution >= 4 is 64.5 Å². The number of hydrogen-bond acceptors (Lipinski definition) is 7. The molecule has 0 radical (unpaired) electrons. The van der Waals surface area contributed by atoms with Gasteiger partial charge in [-0.25, -0.2) is 9.37 Å². The highest BCUT2D eigenvalue weighted by molar-refractivity contribution is 7.09. The molecule has 13 heteroatoms. The topological polar surface area (TPSA) is 66.9 Å². The number of allylic oxidation sites excluding steroid dienone is 1. The molecule has 0 spiro atoms. The maximum Gasteiger partial charge on any atom is 0.193 e. The summed E-state index contributed by atoms with van der Waals surface area (Å²) in [4.78, 5) is 20.4. The summed E-state index contributed by atoms with van der Waals surface area (Å²) in [5.74, 6) is 3.14. The van der Waals surface area contributed by atoms with Crippen LogP contribution in [0.4, 0.5) is 4.39 Å². The van der Waals surface area contributed by atoms with Crippen LogP contribution < -0.4 is 0 Å². The van der Waals surface area contributed by atoms with Crippen LogP contribution in [0.3, 0.4) is 0 Å². The monoisotopic (exact) mass is 1050 g/mol. The van der Waals surface area contributed by atoms with Crippen molar-refractivity contribution in [3.05, 3.63) is 33.6 Å². The van der Waals surface area contributed by atoms with E-state index in [4.69, 9.17) is 17.7 Å². The third-order valence-electron chi connectivity index (χ3n) is 16.0. The summed E-state index contributed by atoms with van der Waals surface area (Å²) < 4.78 is 44.6. The number of thiazole rings is 1. The number of halogens is 1. The van der Waals surface area contributed by atoms with Crippen molar-refractivity contribution in [2.75, 3.05) is 6.61 Å². The van der Waals surface area contributed by atoms with Gasteiger partial charge < -0.3 is 17.7 Å². The third-order valence-corrected chi connectivity index (χ3v) is 35.7. The van der Waals surface area contributed by atoms with Crippen molar-refractivity contribution in [2.45, 2.75) is 267 Å². The molecular weight excluding hydrogens is 946 g/mol. The lowest BCUT2D eigenvalue weighted by Gasteiger charge is -2.47. The minimum absolute atomic E-state index is 0.0354. The van der Waals surface area contributed by atoms with Gasteiger partial charge in [0.05, 0.1) is 28.8 Å². The second-order valence-corrected chi connectivity index (χ2v) is 52.8. The van der Waals surface area contributed by atoms with Crippen LogP contribution >= 0.6 is 11.3 Å². The van der Waals surface area contributed by atoms with E-state index in [0.717, 1.165) is 24.3 Å². The fourth-order valence-corrected chi connectivity index (χ4v) is 13.4.